The molecule has 4 nitrogen and oxygen atoms in total. The van der Waals surface area contributed by atoms with Crippen LogP contribution in [0.5, 0.6) is 0 Å². The number of carbonyl (C=O) groups is 1. The summed E-state index contributed by atoms with van der Waals surface area (Å²) < 4.78 is 6.97. The molecule has 0 aliphatic carbocycles. The second-order valence-corrected chi connectivity index (χ2v) is 4.62. The van der Waals surface area contributed by atoms with Crippen molar-refractivity contribution in [2.45, 2.75) is 33.6 Å². The summed E-state index contributed by atoms with van der Waals surface area (Å²) in [5.74, 6) is -0.282. The molecule has 1 heterocycles. The fourth-order valence-corrected chi connectivity index (χ4v) is 2.26. The Bertz CT molecular complexity index is 588. The van der Waals surface area contributed by atoms with E-state index in [9.17, 15) is 4.79 Å². The second kappa shape index (κ2) is 6.37. The summed E-state index contributed by atoms with van der Waals surface area (Å²) in [6, 6.07) is 9.83. The Balaban J connectivity index is 2.50. The molecule has 0 radical (unpaired) electrons. The van der Waals surface area contributed by atoms with Crippen LogP contribution in [0.2, 0.25) is 0 Å². The first-order valence-corrected chi connectivity index (χ1v) is 7.00. The van der Waals surface area contributed by atoms with Crippen LogP contribution in [0, 0.1) is 6.92 Å². The monoisotopic (exact) mass is 272 g/mol. The van der Waals surface area contributed by atoms with E-state index < -0.39 is 0 Å². The Morgan fingerprint density at radius 3 is 2.55 bits per heavy atom. The molecule has 2 rings (SSSR count). The zero-order valence-electron chi connectivity index (χ0n) is 12.2. The quantitative estimate of drug-likeness (QED) is 0.784. The zero-order chi connectivity index (χ0) is 14.5. The lowest BCUT2D eigenvalue weighted by Crippen LogP contribution is -2.08. The van der Waals surface area contributed by atoms with Gasteiger partial charge in [-0.1, -0.05) is 31.5 Å². The van der Waals surface area contributed by atoms with E-state index in [4.69, 9.17) is 4.74 Å². The maximum absolute atomic E-state index is 12.1. The third-order valence-electron chi connectivity index (χ3n) is 3.16. The SMILES string of the molecule is CCCc1nn(-c2ccccc2)c(C)c1C(=O)OCC. The predicted octanol–water partition coefficient (Wildman–Crippen LogP) is 3.31. The number of benzene rings is 1. The van der Waals surface area contributed by atoms with E-state index in [1.165, 1.54) is 0 Å². The molecule has 0 aliphatic heterocycles. The van der Waals surface area contributed by atoms with Gasteiger partial charge >= 0.3 is 5.97 Å². The first kappa shape index (κ1) is 14.3. The molecule has 2 aromatic rings. The number of aromatic nitrogens is 2. The molecule has 0 atom stereocenters. The zero-order valence-corrected chi connectivity index (χ0v) is 12.2. The third kappa shape index (κ3) is 2.74. The van der Waals surface area contributed by atoms with Crippen molar-refractivity contribution < 1.29 is 9.53 Å². The van der Waals surface area contributed by atoms with E-state index in [1.54, 1.807) is 0 Å². The Hall–Kier alpha value is -2.10. The van der Waals surface area contributed by atoms with Gasteiger partial charge in [0.1, 0.15) is 5.56 Å². The van der Waals surface area contributed by atoms with Crippen molar-refractivity contribution in [3.63, 3.8) is 0 Å². The van der Waals surface area contributed by atoms with Crippen LogP contribution in [0.3, 0.4) is 0 Å². The minimum Gasteiger partial charge on any atom is -0.462 e. The predicted molar refractivity (Wildman–Crippen MR) is 78.3 cm³/mol. The lowest BCUT2D eigenvalue weighted by Gasteiger charge is -2.05. The molecule has 0 N–H and O–H groups in total. The molecule has 0 amide bonds. The highest BCUT2D eigenvalue weighted by molar-refractivity contribution is 5.92. The van der Waals surface area contributed by atoms with Gasteiger partial charge < -0.3 is 4.74 Å². The average Bonchev–Trinajstić information content (AvgIpc) is 2.77. The standard InChI is InChI=1S/C16H20N2O2/c1-4-9-14-15(16(19)20-5-2)12(3)18(17-14)13-10-7-6-8-11-13/h6-8,10-11H,4-5,9H2,1-3H3. The fourth-order valence-electron chi connectivity index (χ4n) is 2.26. The molecule has 1 aromatic heterocycles. The lowest BCUT2D eigenvalue weighted by molar-refractivity contribution is 0.0524. The highest BCUT2D eigenvalue weighted by atomic mass is 16.5. The largest absolute Gasteiger partial charge is 0.462 e. The highest BCUT2D eigenvalue weighted by Gasteiger charge is 2.22. The molecule has 20 heavy (non-hydrogen) atoms. The van der Waals surface area contributed by atoms with Crippen molar-refractivity contribution >= 4 is 5.97 Å². The summed E-state index contributed by atoms with van der Waals surface area (Å²) in [5, 5.41) is 4.59. The molecule has 0 spiro atoms. The molecule has 0 saturated carbocycles. The molecular formula is C16H20N2O2. The van der Waals surface area contributed by atoms with Gasteiger partial charge in [0.15, 0.2) is 0 Å². The van der Waals surface area contributed by atoms with Crippen molar-refractivity contribution in [1.82, 2.24) is 9.78 Å². The number of aryl methyl sites for hydroxylation is 1. The van der Waals surface area contributed by atoms with E-state index in [2.05, 4.69) is 12.0 Å². The number of hydrogen-bond acceptors (Lipinski definition) is 3. The van der Waals surface area contributed by atoms with Gasteiger partial charge in [-0.3, -0.25) is 0 Å². The fraction of sp³-hybridized carbons (Fsp3) is 0.375. The van der Waals surface area contributed by atoms with Crippen LogP contribution in [-0.2, 0) is 11.2 Å². The summed E-state index contributed by atoms with van der Waals surface area (Å²) in [6.07, 6.45) is 1.71. The molecular weight excluding hydrogens is 252 g/mol. The molecule has 4 heteroatoms. The van der Waals surface area contributed by atoms with Crippen molar-refractivity contribution in [2.75, 3.05) is 6.61 Å². The summed E-state index contributed by atoms with van der Waals surface area (Å²) in [7, 11) is 0. The molecule has 0 saturated heterocycles. The van der Waals surface area contributed by atoms with E-state index in [0.29, 0.717) is 12.2 Å². The first-order chi connectivity index (χ1) is 9.69. The minimum atomic E-state index is -0.282. The number of ether oxygens (including phenoxy) is 1. The highest BCUT2D eigenvalue weighted by Crippen LogP contribution is 2.20. The summed E-state index contributed by atoms with van der Waals surface area (Å²) in [6.45, 7) is 6.17. The maximum atomic E-state index is 12.1. The molecule has 0 unspecified atom stereocenters. The van der Waals surface area contributed by atoms with Crippen LogP contribution in [0.25, 0.3) is 5.69 Å². The third-order valence-corrected chi connectivity index (χ3v) is 3.16. The van der Waals surface area contributed by atoms with Gasteiger partial charge in [-0.15, -0.1) is 0 Å². The first-order valence-electron chi connectivity index (χ1n) is 7.00. The van der Waals surface area contributed by atoms with Gasteiger partial charge in [0, 0.05) is 0 Å². The summed E-state index contributed by atoms with van der Waals surface area (Å²) in [4.78, 5) is 12.1. The summed E-state index contributed by atoms with van der Waals surface area (Å²) >= 11 is 0. The van der Waals surface area contributed by atoms with E-state index in [-0.39, 0.29) is 5.97 Å². The molecule has 0 aliphatic rings. The Labute approximate surface area is 119 Å². The van der Waals surface area contributed by atoms with Crippen LogP contribution in [0.4, 0.5) is 0 Å². The van der Waals surface area contributed by atoms with Crippen molar-refractivity contribution in [3.8, 4) is 5.69 Å². The number of rotatable bonds is 5. The minimum absolute atomic E-state index is 0.282. The summed E-state index contributed by atoms with van der Waals surface area (Å²) in [5.41, 5.74) is 3.21. The number of carbonyl (C=O) groups excluding carboxylic acids is 1. The van der Waals surface area contributed by atoms with Gasteiger partial charge in [0.05, 0.1) is 23.7 Å². The molecule has 1 aromatic carbocycles. The average molecular weight is 272 g/mol. The molecule has 0 fully saturated rings. The second-order valence-electron chi connectivity index (χ2n) is 4.62. The van der Waals surface area contributed by atoms with E-state index in [1.807, 2.05) is 48.9 Å². The van der Waals surface area contributed by atoms with Crippen LogP contribution < -0.4 is 0 Å². The van der Waals surface area contributed by atoms with Crippen molar-refractivity contribution in [2.24, 2.45) is 0 Å². The van der Waals surface area contributed by atoms with Gasteiger partial charge in [-0.2, -0.15) is 5.10 Å². The van der Waals surface area contributed by atoms with Crippen molar-refractivity contribution in [3.05, 3.63) is 47.3 Å². The smallest absolute Gasteiger partial charge is 0.341 e. The molecule has 0 bridgehead atoms. The Morgan fingerprint density at radius 1 is 1.25 bits per heavy atom. The van der Waals surface area contributed by atoms with Gasteiger partial charge in [0.2, 0.25) is 0 Å². The number of esters is 1. The van der Waals surface area contributed by atoms with Crippen LogP contribution in [0.15, 0.2) is 30.3 Å². The maximum Gasteiger partial charge on any atom is 0.341 e. The normalized spacial score (nSPS) is 10.6. The number of hydrogen-bond donors (Lipinski definition) is 0. The van der Waals surface area contributed by atoms with E-state index >= 15 is 0 Å². The number of nitrogens with zero attached hydrogens (tertiary/aromatic N) is 2. The van der Waals surface area contributed by atoms with Crippen LogP contribution in [-0.4, -0.2) is 22.4 Å². The van der Waals surface area contributed by atoms with Crippen molar-refractivity contribution in [1.29, 1.82) is 0 Å². The van der Waals surface area contributed by atoms with Gasteiger partial charge in [-0.25, -0.2) is 9.48 Å². The van der Waals surface area contributed by atoms with Gasteiger partial charge in [0.25, 0.3) is 0 Å². The van der Waals surface area contributed by atoms with Crippen LogP contribution in [0.1, 0.15) is 42.0 Å². The van der Waals surface area contributed by atoms with E-state index in [0.717, 1.165) is 29.9 Å². The Morgan fingerprint density at radius 2 is 1.95 bits per heavy atom. The topological polar surface area (TPSA) is 44.1 Å². The number of para-hydroxylation sites is 1. The van der Waals surface area contributed by atoms with Gasteiger partial charge in [-0.05, 0) is 32.4 Å². The van der Waals surface area contributed by atoms with Crippen LogP contribution >= 0.6 is 0 Å². The molecule has 106 valence electrons. The lowest BCUT2D eigenvalue weighted by atomic mass is 10.1. The Kier molecular flexibility index (Phi) is 4.56.